The topological polar surface area (TPSA) is 73.2 Å². The number of aromatic nitrogens is 2. The molecule has 2 aromatic heterocycles. The van der Waals surface area contributed by atoms with E-state index in [2.05, 4.69) is 4.98 Å². The summed E-state index contributed by atoms with van der Waals surface area (Å²) in [5, 5.41) is 1.84. The van der Waals surface area contributed by atoms with Gasteiger partial charge in [0.25, 0.3) is 5.56 Å². The molecule has 3 aromatic rings. The number of alkyl halides is 3. The van der Waals surface area contributed by atoms with Crippen molar-refractivity contribution in [2.45, 2.75) is 49.7 Å². The molecule has 0 aliphatic heterocycles. The Bertz CT molecular complexity index is 1240. The van der Waals surface area contributed by atoms with Gasteiger partial charge in [-0.3, -0.25) is 14.2 Å². The molecule has 0 bridgehead atoms. The zero-order valence-corrected chi connectivity index (χ0v) is 19.6. The minimum absolute atomic E-state index is 0.242. The molecule has 11 heteroatoms. The van der Waals surface area contributed by atoms with Crippen molar-refractivity contribution >= 4 is 39.2 Å². The van der Waals surface area contributed by atoms with Crippen LogP contribution in [0.2, 0.25) is 0 Å². The summed E-state index contributed by atoms with van der Waals surface area (Å²) in [7, 11) is 0. The van der Waals surface area contributed by atoms with E-state index in [1.165, 1.54) is 22.8 Å². The SMILES string of the molecule is CCOc1ccc(-n2c(SC(C)C(=O)NCC(F)(F)F)nc3sc4c(c3c2=O)CCC4)cc1. The Hall–Kier alpha value is -2.53. The highest BCUT2D eigenvalue weighted by atomic mass is 32.2. The molecule has 6 nitrogen and oxygen atoms in total. The molecule has 0 fully saturated rings. The lowest BCUT2D eigenvalue weighted by molar-refractivity contribution is -0.137. The number of hydrogen-bond acceptors (Lipinski definition) is 6. The van der Waals surface area contributed by atoms with Gasteiger partial charge in [0.05, 0.1) is 22.9 Å². The fourth-order valence-corrected chi connectivity index (χ4v) is 5.99. The normalized spacial score (nSPS) is 14.3. The maximum Gasteiger partial charge on any atom is 0.405 e. The summed E-state index contributed by atoms with van der Waals surface area (Å²) in [6.45, 7) is 2.45. The first-order valence-electron chi connectivity index (χ1n) is 10.5. The highest BCUT2D eigenvalue weighted by Gasteiger charge is 2.30. The van der Waals surface area contributed by atoms with Crippen molar-refractivity contribution in [3.8, 4) is 11.4 Å². The van der Waals surface area contributed by atoms with E-state index in [1.807, 2.05) is 12.2 Å². The van der Waals surface area contributed by atoms with Crippen LogP contribution in [0.15, 0.2) is 34.2 Å². The van der Waals surface area contributed by atoms with Crippen LogP contribution < -0.4 is 15.6 Å². The van der Waals surface area contributed by atoms with Gasteiger partial charge >= 0.3 is 6.18 Å². The third-order valence-electron chi connectivity index (χ3n) is 5.23. The number of nitrogens with one attached hydrogen (secondary N) is 1. The number of aryl methyl sites for hydroxylation is 2. The Morgan fingerprint density at radius 2 is 2.03 bits per heavy atom. The van der Waals surface area contributed by atoms with E-state index in [9.17, 15) is 22.8 Å². The number of rotatable bonds is 7. The Morgan fingerprint density at radius 1 is 1.30 bits per heavy atom. The zero-order valence-electron chi connectivity index (χ0n) is 18.0. The fraction of sp³-hybridized carbons (Fsp3) is 0.409. The number of thiophene rings is 1. The van der Waals surface area contributed by atoms with Crippen molar-refractivity contribution < 1.29 is 22.7 Å². The monoisotopic (exact) mass is 497 g/mol. The number of nitrogens with zero attached hydrogens (tertiary/aromatic N) is 2. The highest BCUT2D eigenvalue weighted by Crippen LogP contribution is 2.36. The lowest BCUT2D eigenvalue weighted by Crippen LogP contribution is -2.38. The molecule has 0 saturated heterocycles. The van der Waals surface area contributed by atoms with Gasteiger partial charge in [0.1, 0.15) is 17.1 Å². The van der Waals surface area contributed by atoms with E-state index < -0.39 is 23.9 Å². The van der Waals surface area contributed by atoms with Crippen LogP contribution in [-0.4, -0.2) is 40.0 Å². The van der Waals surface area contributed by atoms with Gasteiger partial charge in [-0.2, -0.15) is 13.2 Å². The molecule has 2 heterocycles. The third-order valence-corrected chi connectivity index (χ3v) is 7.47. The molecule has 176 valence electrons. The molecule has 1 N–H and O–H groups in total. The summed E-state index contributed by atoms with van der Waals surface area (Å²) in [6.07, 6.45) is -1.79. The number of benzene rings is 1. The Kier molecular flexibility index (Phi) is 6.71. The van der Waals surface area contributed by atoms with Crippen LogP contribution in [-0.2, 0) is 17.6 Å². The van der Waals surface area contributed by atoms with E-state index in [0.717, 1.165) is 41.5 Å². The van der Waals surface area contributed by atoms with Gasteiger partial charge in [-0.05, 0) is 62.9 Å². The predicted molar refractivity (Wildman–Crippen MR) is 123 cm³/mol. The second kappa shape index (κ2) is 9.38. The minimum atomic E-state index is -4.50. The molecule has 1 unspecified atom stereocenters. The number of halogens is 3. The van der Waals surface area contributed by atoms with Gasteiger partial charge in [-0.25, -0.2) is 4.98 Å². The van der Waals surface area contributed by atoms with E-state index in [0.29, 0.717) is 28.3 Å². The van der Waals surface area contributed by atoms with Crippen LogP contribution in [0.1, 0.15) is 30.7 Å². The Labute approximate surface area is 196 Å². The second-order valence-electron chi connectivity index (χ2n) is 7.59. The number of amides is 1. The van der Waals surface area contributed by atoms with Gasteiger partial charge in [0.2, 0.25) is 5.91 Å². The summed E-state index contributed by atoms with van der Waals surface area (Å²) >= 11 is 2.43. The van der Waals surface area contributed by atoms with Crippen LogP contribution in [0.3, 0.4) is 0 Å². The van der Waals surface area contributed by atoms with Crippen molar-refractivity contribution in [1.29, 1.82) is 0 Å². The van der Waals surface area contributed by atoms with Crippen LogP contribution in [0.5, 0.6) is 5.75 Å². The Balaban J connectivity index is 1.75. The molecule has 1 amide bonds. The molecule has 4 rings (SSSR count). The smallest absolute Gasteiger partial charge is 0.405 e. The number of ether oxygens (including phenoxy) is 1. The first-order chi connectivity index (χ1) is 15.7. The maximum atomic E-state index is 13.6. The summed E-state index contributed by atoms with van der Waals surface area (Å²) in [5.74, 6) is -0.132. The summed E-state index contributed by atoms with van der Waals surface area (Å²) in [4.78, 5) is 32.3. The van der Waals surface area contributed by atoms with Crippen molar-refractivity contribution in [3.63, 3.8) is 0 Å². The summed E-state index contributed by atoms with van der Waals surface area (Å²) < 4.78 is 44.4. The van der Waals surface area contributed by atoms with E-state index in [-0.39, 0.29) is 10.7 Å². The van der Waals surface area contributed by atoms with Crippen LogP contribution >= 0.6 is 23.1 Å². The van der Waals surface area contributed by atoms with Crippen LogP contribution in [0, 0.1) is 0 Å². The van der Waals surface area contributed by atoms with Gasteiger partial charge in [0.15, 0.2) is 5.16 Å². The minimum Gasteiger partial charge on any atom is -0.494 e. The van der Waals surface area contributed by atoms with E-state index in [4.69, 9.17) is 4.74 Å². The van der Waals surface area contributed by atoms with E-state index >= 15 is 0 Å². The molecule has 1 aliphatic carbocycles. The molecule has 33 heavy (non-hydrogen) atoms. The number of thioether (sulfide) groups is 1. The molecule has 0 spiro atoms. The van der Waals surface area contributed by atoms with Crippen molar-refractivity contribution in [2.24, 2.45) is 0 Å². The standard InChI is InChI=1S/C22H22F3N3O3S2/c1-3-31-14-9-7-13(8-10-14)28-20(30)17-15-5-4-6-16(15)33-19(17)27-21(28)32-12(2)18(29)26-11-22(23,24)25/h7-10,12H,3-6,11H2,1-2H3,(H,26,29). The molecular weight excluding hydrogens is 475 g/mol. The first kappa shape index (κ1) is 23.6. The molecule has 0 radical (unpaired) electrons. The average molecular weight is 498 g/mol. The molecule has 0 saturated carbocycles. The summed E-state index contributed by atoms with van der Waals surface area (Å²) in [5.41, 5.74) is 1.33. The zero-order chi connectivity index (χ0) is 23.8. The predicted octanol–water partition coefficient (Wildman–Crippen LogP) is 4.49. The van der Waals surface area contributed by atoms with Crippen molar-refractivity contribution in [2.75, 3.05) is 13.2 Å². The molecule has 1 atom stereocenters. The Morgan fingerprint density at radius 3 is 2.70 bits per heavy atom. The molecular formula is C22H22F3N3O3S2. The lowest BCUT2D eigenvalue weighted by Gasteiger charge is -2.17. The van der Waals surface area contributed by atoms with Crippen LogP contribution in [0.4, 0.5) is 13.2 Å². The first-order valence-corrected chi connectivity index (χ1v) is 12.2. The lowest BCUT2D eigenvalue weighted by atomic mass is 10.2. The number of carbonyl (C=O) groups is 1. The maximum absolute atomic E-state index is 13.6. The number of hydrogen-bond donors (Lipinski definition) is 1. The van der Waals surface area contributed by atoms with E-state index in [1.54, 1.807) is 24.3 Å². The summed E-state index contributed by atoms with van der Waals surface area (Å²) in [6, 6.07) is 6.93. The van der Waals surface area contributed by atoms with Gasteiger partial charge in [0, 0.05) is 4.88 Å². The second-order valence-corrected chi connectivity index (χ2v) is 9.98. The van der Waals surface area contributed by atoms with Crippen LogP contribution in [0.25, 0.3) is 15.9 Å². The van der Waals surface area contributed by atoms with Gasteiger partial charge < -0.3 is 10.1 Å². The quantitative estimate of drug-likeness (QED) is 0.385. The van der Waals surface area contributed by atoms with Gasteiger partial charge in [-0.1, -0.05) is 11.8 Å². The molecule has 1 aliphatic rings. The third kappa shape index (κ3) is 5.03. The molecule has 1 aromatic carbocycles. The number of fused-ring (bicyclic) bond motifs is 3. The highest BCUT2D eigenvalue weighted by molar-refractivity contribution is 8.00. The average Bonchev–Trinajstić information content (AvgIpc) is 3.33. The number of carbonyl (C=O) groups excluding carboxylic acids is 1. The fourth-order valence-electron chi connectivity index (χ4n) is 3.73. The largest absolute Gasteiger partial charge is 0.494 e. The van der Waals surface area contributed by atoms with Gasteiger partial charge in [-0.15, -0.1) is 11.3 Å². The van der Waals surface area contributed by atoms with Crippen molar-refractivity contribution in [3.05, 3.63) is 45.1 Å². The van der Waals surface area contributed by atoms with Crippen molar-refractivity contribution in [1.82, 2.24) is 14.9 Å².